The third-order valence-corrected chi connectivity index (χ3v) is 2.29. The summed E-state index contributed by atoms with van der Waals surface area (Å²) in [7, 11) is 0. The molecule has 0 fully saturated rings. The summed E-state index contributed by atoms with van der Waals surface area (Å²) in [5.41, 5.74) is 2.16. The van der Waals surface area contributed by atoms with E-state index in [-0.39, 0.29) is 5.82 Å². The van der Waals surface area contributed by atoms with E-state index in [1.807, 2.05) is 13.0 Å². The van der Waals surface area contributed by atoms with Crippen LogP contribution in [0.15, 0.2) is 18.2 Å². The summed E-state index contributed by atoms with van der Waals surface area (Å²) in [4.78, 5) is 0. The highest BCUT2D eigenvalue weighted by Gasteiger charge is 1.98. The molecule has 0 amide bonds. The first-order valence-corrected chi connectivity index (χ1v) is 5.38. The number of alkyl halides is 1. The molecule has 0 aliphatic rings. The Kier molecular flexibility index (Phi) is 4.39. The molecule has 0 heterocycles. The van der Waals surface area contributed by atoms with Gasteiger partial charge in [0, 0.05) is 18.4 Å². The fourth-order valence-corrected chi connectivity index (χ4v) is 1.43. The van der Waals surface area contributed by atoms with Crippen LogP contribution in [0.5, 0.6) is 0 Å². The molecule has 0 radical (unpaired) electrons. The van der Waals surface area contributed by atoms with Crippen molar-refractivity contribution in [3.63, 3.8) is 0 Å². The van der Waals surface area contributed by atoms with Crippen LogP contribution in [0.4, 0.5) is 4.39 Å². The van der Waals surface area contributed by atoms with Crippen LogP contribution < -0.4 is 5.32 Å². The molecule has 1 nitrogen and oxygen atoms in total. The maximum atomic E-state index is 12.7. The molecule has 0 aliphatic heterocycles. The van der Waals surface area contributed by atoms with Gasteiger partial charge in [-0.3, -0.25) is 0 Å². The molecule has 1 rings (SSSR count). The third kappa shape index (κ3) is 3.44. The van der Waals surface area contributed by atoms with E-state index < -0.39 is 0 Å². The molecule has 0 spiro atoms. The number of hydrogen-bond donors (Lipinski definition) is 1. The normalized spacial score (nSPS) is 10.4. The monoisotopic (exact) mass is 245 g/mol. The van der Waals surface area contributed by atoms with E-state index >= 15 is 0 Å². The molecule has 0 aliphatic carbocycles. The molecule has 1 aromatic carbocycles. The van der Waals surface area contributed by atoms with Crippen molar-refractivity contribution in [1.82, 2.24) is 5.32 Å². The lowest BCUT2D eigenvalue weighted by Gasteiger charge is -2.06. The second kappa shape index (κ2) is 5.35. The first-order chi connectivity index (χ1) is 6.24. The maximum Gasteiger partial charge on any atom is 0.123 e. The SMILES string of the molecule is Cc1cc(F)ccc1CNCCBr. The van der Waals surface area contributed by atoms with Gasteiger partial charge in [0.25, 0.3) is 0 Å². The molecule has 3 heteroatoms. The van der Waals surface area contributed by atoms with Gasteiger partial charge in [-0.25, -0.2) is 4.39 Å². The lowest BCUT2D eigenvalue weighted by molar-refractivity contribution is 0.624. The minimum absolute atomic E-state index is 0.165. The van der Waals surface area contributed by atoms with Crippen molar-refractivity contribution in [2.24, 2.45) is 0 Å². The van der Waals surface area contributed by atoms with E-state index in [4.69, 9.17) is 0 Å². The van der Waals surface area contributed by atoms with Crippen LogP contribution in [0, 0.1) is 12.7 Å². The van der Waals surface area contributed by atoms with E-state index in [2.05, 4.69) is 21.2 Å². The zero-order chi connectivity index (χ0) is 9.68. The summed E-state index contributed by atoms with van der Waals surface area (Å²) in [5, 5.41) is 4.18. The van der Waals surface area contributed by atoms with Crippen LogP contribution >= 0.6 is 15.9 Å². The number of halogens is 2. The van der Waals surface area contributed by atoms with Crippen LogP contribution in [0.3, 0.4) is 0 Å². The van der Waals surface area contributed by atoms with Gasteiger partial charge >= 0.3 is 0 Å². The summed E-state index contributed by atoms with van der Waals surface area (Å²) in [6, 6.07) is 4.88. The Balaban J connectivity index is 2.56. The van der Waals surface area contributed by atoms with Gasteiger partial charge < -0.3 is 5.32 Å². The van der Waals surface area contributed by atoms with Gasteiger partial charge in [-0.05, 0) is 30.2 Å². The van der Waals surface area contributed by atoms with Crippen molar-refractivity contribution in [3.8, 4) is 0 Å². The minimum atomic E-state index is -0.165. The van der Waals surface area contributed by atoms with Gasteiger partial charge in [-0.1, -0.05) is 22.0 Å². The third-order valence-electron chi connectivity index (χ3n) is 1.89. The van der Waals surface area contributed by atoms with Gasteiger partial charge in [0.1, 0.15) is 5.82 Å². The molecular formula is C10H13BrFN. The Hall–Kier alpha value is -0.410. The predicted molar refractivity (Wildman–Crippen MR) is 56.6 cm³/mol. The zero-order valence-electron chi connectivity index (χ0n) is 7.61. The topological polar surface area (TPSA) is 12.0 Å². The molecule has 72 valence electrons. The molecular weight excluding hydrogens is 233 g/mol. The second-order valence-corrected chi connectivity index (χ2v) is 3.73. The average molecular weight is 246 g/mol. The van der Waals surface area contributed by atoms with Crippen LogP contribution in [-0.2, 0) is 6.54 Å². The quantitative estimate of drug-likeness (QED) is 0.636. The molecule has 1 aromatic rings. The van der Waals surface area contributed by atoms with Gasteiger partial charge in [0.05, 0.1) is 0 Å². The Bertz CT molecular complexity index is 276. The fraction of sp³-hybridized carbons (Fsp3) is 0.400. The van der Waals surface area contributed by atoms with Crippen LogP contribution in [-0.4, -0.2) is 11.9 Å². The van der Waals surface area contributed by atoms with Crippen molar-refractivity contribution in [3.05, 3.63) is 35.1 Å². The highest BCUT2D eigenvalue weighted by molar-refractivity contribution is 9.09. The highest BCUT2D eigenvalue weighted by atomic mass is 79.9. The standard InChI is InChI=1S/C10H13BrFN/c1-8-6-10(12)3-2-9(8)7-13-5-4-11/h2-3,6,13H,4-5,7H2,1H3. The summed E-state index contributed by atoms with van der Waals surface area (Å²) < 4.78 is 12.7. The molecule has 0 bridgehead atoms. The summed E-state index contributed by atoms with van der Waals surface area (Å²) in [5.74, 6) is -0.165. The molecule has 0 saturated carbocycles. The van der Waals surface area contributed by atoms with Gasteiger partial charge in [-0.2, -0.15) is 0 Å². The molecule has 13 heavy (non-hydrogen) atoms. The lowest BCUT2D eigenvalue weighted by atomic mass is 10.1. The molecule has 0 atom stereocenters. The summed E-state index contributed by atoms with van der Waals surface area (Å²) in [6.07, 6.45) is 0. The molecule has 0 unspecified atom stereocenters. The Morgan fingerprint density at radius 1 is 1.46 bits per heavy atom. The number of rotatable bonds is 4. The predicted octanol–water partition coefficient (Wildman–Crippen LogP) is 2.62. The van der Waals surface area contributed by atoms with Crippen molar-refractivity contribution < 1.29 is 4.39 Å². The zero-order valence-corrected chi connectivity index (χ0v) is 9.20. The first kappa shape index (κ1) is 10.7. The maximum absolute atomic E-state index is 12.7. The van der Waals surface area contributed by atoms with Crippen LogP contribution in [0.2, 0.25) is 0 Å². The number of nitrogens with one attached hydrogen (secondary N) is 1. The smallest absolute Gasteiger partial charge is 0.123 e. The van der Waals surface area contributed by atoms with E-state index in [1.54, 1.807) is 6.07 Å². The molecule has 0 aromatic heterocycles. The average Bonchev–Trinajstić information content (AvgIpc) is 2.09. The fourth-order valence-electron chi connectivity index (χ4n) is 1.15. The van der Waals surface area contributed by atoms with Gasteiger partial charge in [0.2, 0.25) is 0 Å². The van der Waals surface area contributed by atoms with Crippen molar-refractivity contribution in [2.45, 2.75) is 13.5 Å². The lowest BCUT2D eigenvalue weighted by Crippen LogP contribution is -2.16. The van der Waals surface area contributed by atoms with E-state index in [9.17, 15) is 4.39 Å². The first-order valence-electron chi connectivity index (χ1n) is 4.25. The highest BCUT2D eigenvalue weighted by Crippen LogP contribution is 2.09. The molecule has 1 N–H and O–H groups in total. The van der Waals surface area contributed by atoms with Crippen LogP contribution in [0.25, 0.3) is 0 Å². The Morgan fingerprint density at radius 2 is 2.23 bits per heavy atom. The Labute approximate surface area is 86.5 Å². The second-order valence-electron chi connectivity index (χ2n) is 2.94. The van der Waals surface area contributed by atoms with Crippen molar-refractivity contribution in [1.29, 1.82) is 0 Å². The van der Waals surface area contributed by atoms with E-state index in [1.165, 1.54) is 6.07 Å². The largest absolute Gasteiger partial charge is 0.312 e. The number of hydrogen-bond acceptors (Lipinski definition) is 1. The number of benzene rings is 1. The van der Waals surface area contributed by atoms with Gasteiger partial charge in [-0.15, -0.1) is 0 Å². The molecule has 0 saturated heterocycles. The van der Waals surface area contributed by atoms with Gasteiger partial charge in [0.15, 0.2) is 0 Å². The summed E-state index contributed by atoms with van der Waals surface area (Å²) in [6.45, 7) is 3.66. The van der Waals surface area contributed by atoms with Crippen LogP contribution in [0.1, 0.15) is 11.1 Å². The summed E-state index contributed by atoms with van der Waals surface area (Å²) >= 11 is 3.33. The number of aryl methyl sites for hydroxylation is 1. The van der Waals surface area contributed by atoms with Crippen molar-refractivity contribution >= 4 is 15.9 Å². The minimum Gasteiger partial charge on any atom is -0.312 e. The Morgan fingerprint density at radius 3 is 2.85 bits per heavy atom. The van der Waals surface area contributed by atoms with E-state index in [0.29, 0.717) is 0 Å². The van der Waals surface area contributed by atoms with E-state index in [0.717, 1.165) is 29.5 Å². The van der Waals surface area contributed by atoms with Crippen molar-refractivity contribution in [2.75, 3.05) is 11.9 Å².